The largest absolute Gasteiger partial charge is 0.477 e. The summed E-state index contributed by atoms with van der Waals surface area (Å²) < 4.78 is 16.8. The molecule has 0 atom stereocenters. The number of anilines is 1. The molecule has 1 aliphatic carbocycles. The number of aromatic carboxylic acids is 1. The molecule has 7 nitrogen and oxygen atoms in total. The molecule has 4 heterocycles. The number of hydrogen-bond acceptors (Lipinski definition) is 5. The number of pyridine rings is 2. The third-order valence-corrected chi connectivity index (χ3v) is 7.36. The van der Waals surface area contributed by atoms with E-state index in [9.17, 15) is 14.7 Å². The summed E-state index contributed by atoms with van der Waals surface area (Å²) in [5.74, 6) is -1.69. The third-order valence-electron chi connectivity index (χ3n) is 6.97. The van der Waals surface area contributed by atoms with Gasteiger partial charge in [-0.1, -0.05) is 23.6 Å². The molecule has 0 radical (unpaired) electrons. The van der Waals surface area contributed by atoms with Crippen LogP contribution in [-0.2, 0) is 0 Å². The van der Waals surface area contributed by atoms with Crippen LogP contribution in [0.3, 0.4) is 0 Å². The van der Waals surface area contributed by atoms with Crippen LogP contribution in [0.4, 0.5) is 10.2 Å². The summed E-state index contributed by atoms with van der Waals surface area (Å²) in [7, 11) is 0. The Balaban J connectivity index is 1.40. The van der Waals surface area contributed by atoms with Crippen molar-refractivity contribution in [1.29, 1.82) is 0 Å². The Morgan fingerprint density at radius 3 is 2.48 bits per heavy atom. The van der Waals surface area contributed by atoms with Crippen molar-refractivity contribution in [3.8, 4) is 0 Å². The van der Waals surface area contributed by atoms with Gasteiger partial charge in [0.1, 0.15) is 11.2 Å². The second-order valence-corrected chi connectivity index (χ2v) is 9.77. The summed E-state index contributed by atoms with van der Waals surface area (Å²) in [4.78, 5) is 33.0. The number of carboxylic acids is 1. The van der Waals surface area contributed by atoms with Crippen LogP contribution >= 0.6 is 11.6 Å². The van der Waals surface area contributed by atoms with Crippen LogP contribution in [0.5, 0.6) is 0 Å². The number of likely N-dealkylation sites (tertiary alicyclic amines) is 1. The van der Waals surface area contributed by atoms with Crippen molar-refractivity contribution < 1.29 is 14.3 Å². The standard InChI is InChI=1S/C24H28ClFN4O3/c25-19(14-28-8-2-1-3-9-28)15-6-10-29(11-7-15)23-20(26)12-17-21(31)18(24(32)33)13-30(16-4-5-16)22(17)27-23/h12-13,16H,1-11,14H2,(H,32,33). The summed E-state index contributed by atoms with van der Waals surface area (Å²) in [6, 6.07) is 1.25. The van der Waals surface area contributed by atoms with E-state index in [1.54, 1.807) is 4.57 Å². The third kappa shape index (κ3) is 4.51. The van der Waals surface area contributed by atoms with Gasteiger partial charge in [-0.25, -0.2) is 14.2 Å². The lowest BCUT2D eigenvalue weighted by molar-refractivity contribution is 0.0695. The highest BCUT2D eigenvalue weighted by Crippen LogP contribution is 2.37. The van der Waals surface area contributed by atoms with Crippen molar-refractivity contribution in [2.24, 2.45) is 0 Å². The zero-order valence-electron chi connectivity index (χ0n) is 18.5. The van der Waals surface area contributed by atoms with Gasteiger partial charge in [0.25, 0.3) is 0 Å². The molecule has 176 valence electrons. The highest BCUT2D eigenvalue weighted by Gasteiger charge is 2.29. The summed E-state index contributed by atoms with van der Waals surface area (Å²) in [6.07, 6.45) is 8.36. The van der Waals surface area contributed by atoms with E-state index >= 15 is 4.39 Å². The van der Waals surface area contributed by atoms with Crippen LogP contribution < -0.4 is 10.3 Å². The van der Waals surface area contributed by atoms with Gasteiger partial charge < -0.3 is 14.6 Å². The smallest absolute Gasteiger partial charge is 0.341 e. The van der Waals surface area contributed by atoms with Gasteiger partial charge >= 0.3 is 5.97 Å². The molecule has 1 saturated carbocycles. The molecule has 0 aromatic carbocycles. The molecule has 2 aromatic heterocycles. The highest BCUT2D eigenvalue weighted by molar-refractivity contribution is 6.30. The van der Waals surface area contributed by atoms with Crippen molar-refractivity contribution in [1.82, 2.24) is 14.5 Å². The molecule has 2 saturated heterocycles. The monoisotopic (exact) mass is 474 g/mol. The Morgan fingerprint density at radius 1 is 1.15 bits per heavy atom. The molecule has 9 heteroatoms. The zero-order valence-corrected chi connectivity index (χ0v) is 19.3. The number of hydrogen-bond donors (Lipinski definition) is 1. The van der Waals surface area contributed by atoms with Crippen molar-refractivity contribution in [3.05, 3.63) is 44.5 Å². The maximum atomic E-state index is 15.1. The van der Waals surface area contributed by atoms with Gasteiger partial charge in [-0.2, -0.15) is 0 Å². The topological polar surface area (TPSA) is 78.7 Å². The van der Waals surface area contributed by atoms with E-state index in [-0.39, 0.29) is 22.8 Å². The molecule has 1 N–H and O–H groups in total. The summed E-state index contributed by atoms with van der Waals surface area (Å²) in [5, 5.41) is 10.3. The molecular formula is C24H28ClFN4O3. The summed E-state index contributed by atoms with van der Waals surface area (Å²) in [5.41, 5.74) is 0.536. The Morgan fingerprint density at radius 2 is 1.85 bits per heavy atom. The summed E-state index contributed by atoms with van der Waals surface area (Å²) in [6.45, 7) is 4.17. The molecule has 3 fully saturated rings. The maximum absolute atomic E-state index is 15.1. The van der Waals surface area contributed by atoms with E-state index in [1.807, 2.05) is 4.90 Å². The normalized spacial score (nSPS) is 19.8. The van der Waals surface area contributed by atoms with Crippen LogP contribution in [0.2, 0.25) is 0 Å². The van der Waals surface area contributed by atoms with E-state index in [4.69, 9.17) is 11.6 Å². The Bertz CT molecular complexity index is 1170. The Hall–Kier alpha value is -2.45. The number of carboxylic acid groups (broad SMARTS) is 1. The molecule has 0 amide bonds. The minimum absolute atomic E-state index is 0.0187. The van der Waals surface area contributed by atoms with Crippen LogP contribution in [0.1, 0.15) is 61.3 Å². The van der Waals surface area contributed by atoms with E-state index in [2.05, 4.69) is 9.88 Å². The molecule has 2 aliphatic heterocycles. The quantitative estimate of drug-likeness (QED) is 0.701. The van der Waals surface area contributed by atoms with Crippen molar-refractivity contribution in [3.63, 3.8) is 0 Å². The molecule has 33 heavy (non-hydrogen) atoms. The van der Waals surface area contributed by atoms with Gasteiger partial charge in [0, 0.05) is 36.9 Å². The van der Waals surface area contributed by atoms with Gasteiger partial charge in [0.15, 0.2) is 11.6 Å². The molecule has 0 spiro atoms. The van der Waals surface area contributed by atoms with Crippen LogP contribution in [0, 0.1) is 5.82 Å². The van der Waals surface area contributed by atoms with E-state index < -0.39 is 17.2 Å². The number of fused-ring (bicyclic) bond motifs is 1. The van der Waals surface area contributed by atoms with Crippen molar-refractivity contribution >= 4 is 34.4 Å². The van der Waals surface area contributed by atoms with Crippen LogP contribution in [0.15, 0.2) is 27.7 Å². The predicted molar refractivity (Wildman–Crippen MR) is 126 cm³/mol. The number of nitrogens with zero attached hydrogens (tertiary/aromatic N) is 4. The molecule has 2 aromatic rings. The van der Waals surface area contributed by atoms with E-state index in [0.29, 0.717) is 18.7 Å². The lowest BCUT2D eigenvalue weighted by atomic mass is 10.0. The first-order valence-electron chi connectivity index (χ1n) is 11.7. The minimum Gasteiger partial charge on any atom is -0.477 e. The number of piperidine rings is 2. The molecule has 3 aliphatic rings. The zero-order chi connectivity index (χ0) is 23.1. The maximum Gasteiger partial charge on any atom is 0.341 e. The first kappa shape index (κ1) is 22.3. The number of halogens is 2. The first-order chi connectivity index (χ1) is 15.9. The van der Waals surface area contributed by atoms with E-state index in [1.165, 1.54) is 31.0 Å². The number of carbonyl (C=O) groups is 1. The van der Waals surface area contributed by atoms with Gasteiger partial charge in [-0.3, -0.25) is 9.69 Å². The molecule has 0 bridgehead atoms. The fourth-order valence-electron chi connectivity index (χ4n) is 4.93. The second kappa shape index (κ2) is 9.06. The van der Waals surface area contributed by atoms with E-state index in [0.717, 1.165) is 56.4 Å². The SMILES string of the molecule is O=C(O)c1cn(C2CC2)c2nc(N3CCC(=C(Cl)CN4CCCCC4)CC3)c(F)cc2c1=O. The second-order valence-electron chi connectivity index (χ2n) is 9.31. The predicted octanol–water partition coefficient (Wildman–Crippen LogP) is 4.15. The average molecular weight is 475 g/mol. The van der Waals surface area contributed by atoms with Gasteiger partial charge in [-0.15, -0.1) is 0 Å². The fourth-order valence-corrected chi connectivity index (χ4v) is 5.29. The van der Waals surface area contributed by atoms with Gasteiger partial charge in [-0.05, 0) is 57.7 Å². The molecular weight excluding hydrogens is 447 g/mol. The van der Waals surface area contributed by atoms with Gasteiger partial charge in [0.05, 0.1) is 5.39 Å². The average Bonchev–Trinajstić information content (AvgIpc) is 3.65. The molecule has 0 unspecified atom stereocenters. The Labute approximate surface area is 196 Å². The van der Waals surface area contributed by atoms with Crippen molar-refractivity contribution in [2.45, 2.75) is 51.0 Å². The van der Waals surface area contributed by atoms with Gasteiger partial charge in [0.2, 0.25) is 5.43 Å². The first-order valence-corrected chi connectivity index (χ1v) is 12.1. The van der Waals surface area contributed by atoms with Crippen LogP contribution in [-0.4, -0.2) is 58.3 Å². The van der Waals surface area contributed by atoms with Crippen LogP contribution in [0.25, 0.3) is 11.0 Å². The lowest BCUT2D eigenvalue weighted by Gasteiger charge is -2.32. The fraction of sp³-hybridized carbons (Fsp3) is 0.542. The summed E-state index contributed by atoms with van der Waals surface area (Å²) >= 11 is 6.66. The number of rotatable bonds is 5. The highest BCUT2D eigenvalue weighted by atomic mass is 35.5. The Kier molecular flexibility index (Phi) is 6.14. The molecule has 5 rings (SSSR count). The minimum atomic E-state index is -1.31. The lowest BCUT2D eigenvalue weighted by Crippen LogP contribution is -2.34. The number of aromatic nitrogens is 2. The van der Waals surface area contributed by atoms with Crippen molar-refractivity contribution in [2.75, 3.05) is 37.6 Å².